The number of rotatable bonds is 4. The van der Waals surface area contributed by atoms with Crippen LogP contribution in [0.25, 0.3) is 0 Å². The predicted molar refractivity (Wildman–Crippen MR) is 72.4 cm³/mol. The molecule has 1 unspecified atom stereocenters. The normalized spacial score (nSPS) is 12.0. The van der Waals surface area contributed by atoms with Crippen LogP contribution in [0.2, 0.25) is 0 Å². The van der Waals surface area contributed by atoms with Crippen LogP contribution in [-0.2, 0) is 6.54 Å². The van der Waals surface area contributed by atoms with Crippen molar-refractivity contribution in [3.8, 4) is 11.8 Å². The molecule has 3 nitrogen and oxygen atoms in total. The second-order valence-corrected chi connectivity index (χ2v) is 5.11. The lowest BCUT2D eigenvalue weighted by Gasteiger charge is -2.13. The Hall–Kier alpha value is -1.83. The number of benzene rings is 1. The first-order valence-corrected chi connectivity index (χ1v) is 6.57. The molecular weight excluding hydrogens is 244 g/mol. The molecule has 2 aromatic rings. The highest BCUT2D eigenvalue weighted by atomic mass is 32.1. The second kappa shape index (κ2) is 5.67. The van der Waals surface area contributed by atoms with Crippen LogP contribution in [0.15, 0.2) is 35.7 Å². The van der Waals surface area contributed by atoms with Gasteiger partial charge >= 0.3 is 0 Å². The van der Waals surface area contributed by atoms with Crippen molar-refractivity contribution in [1.29, 1.82) is 5.26 Å². The Balaban J connectivity index is 1.96. The fourth-order valence-electron chi connectivity index (χ4n) is 1.70. The van der Waals surface area contributed by atoms with E-state index in [4.69, 9.17) is 5.26 Å². The molecular formula is C14H14N2OS. The van der Waals surface area contributed by atoms with Crippen LogP contribution in [0.3, 0.4) is 0 Å². The number of nitrogens with zero attached hydrogens (tertiary/aromatic N) is 1. The average molecular weight is 258 g/mol. The molecule has 2 rings (SSSR count). The third-order valence-corrected chi connectivity index (χ3v) is 3.67. The van der Waals surface area contributed by atoms with Crippen LogP contribution in [0.4, 0.5) is 0 Å². The number of nitrogens with one attached hydrogen (secondary N) is 1. The van der Waals surface area contributed by atoms with Gasteiger partial charge in [-0.15, -0.1) is 11.3 Å². The highest BCUT2D eigenvalue weighted by molar-refractivity contribution is 7.10. The third-order valence-electron chi connectivity index (χ3n) is 2.74. The maximum Gasteiger partial charge on any atom is 0.115 e. The van der Waals surface area contributed by atoms with E-state index < -0.39 is 0 Å². The van der Waals surface area contributed by atoms with Crippen LogP contribution >= 0.6 is 11.3 Å². The third kappa shape index (κ3) is 3.10. The predicted octanol–water partition coefficient (Wildman–Crippen LogP) is 3.18. The summed E-state index contributed by atoms with van der Waals surface area (Å²) in [4.78, 5) is 1.14. The highest BCUT2D eigenvalue weighted by Gasteiger charge is 2.06. The molecule has 1 aromatic heterocycles. The molecule has 0 bridgehead atoms. The zero-order valence-electron chi connectivity index (χ0n) is 10.1. The lowest BCUT2D eigenvalue weighted by Crippen LogP contribution is -2.17. The maximum absolute atomic E-state index is 9.42. The molecule has 0 saturated carbocycles. The van der Waals surface area contributed by atoms with Gasteiger partial charge in [0.2, 0.25) is 0 Å². The van der Waals surface area contributed by atoms with E-state index in [0.29, 0.717) is 5.56 Å². The first kappa shape index (κ1) is 12.6. The molecule has 0 saturated heterocycles. The Morgan fingerprint density at radius 1 is 1.44 bits per heavy atom. The summed E-state index contributed by atoms with van der Waals surface area (Å²) in [6.07, 6.45) is 0. The van der Waals surface area contributed by atoms with Gasteiger partial charge in [-0.05, 0) is 30.7 Å². The number of hydrogen-bond acceptors (Lipinski definition) is 4. The molecule has 0 aliphatic rings. The first-order chi connectivity index (χ1) is 8.69. The summed E-state index contributed by atoms with van der Waals surface area (Å²) in [5.41, 5.74) is 1.76. The van der Waals surface area contributed by atoms with Gasteiger partial charge in [-0.25, -0.2) is 0 Å². The largest absolute Gasteiger partial charge is 0.508 e. The molecule has 0 radical (unpaired) electrons. The Morgan fingerprint density at radius 3 is 2.94 bits per heavy atom. The SMILES string of the molecule is CC(NCc1cc(C#N)cs1)c1cccc(O)c1. The zero-order valence-corrected chi connectivity index (χ0v) is 10.9. The van der Waals surface area contributed by atoms with Gasteiger partial charge in [0.05, 0.1) is 5.56 Å². The minimum atomic E-state index is 0.157. The minimum absolute atomic E-state index is 0.157. The molecule has 0 amide bonds. The summed E-state index contributed by atoms with van der Waals surface area (Å²) in [7, 11) is 0. The summed E-state index contributed by atoms with van der Waals surface area (Å²) < 4.78 is 0. The quantitative estimate of drug-likeness (QED) is 0.885. The number of hydrogen-bond donors (Lipinski definition) is 2. The van der Waals surface area contributed by atoms with Gasteiger partial charge in [0.25, 0.3) is 0 Å². The maximum atomic E-state index is 9.42. The topological polar surface area (TPSA) is 56.0 Å². The van der Waals surface area contributed by atoms with Gasteiger partial charge in [0.15, 0.2) is 0 Å². The summed E-state index contributed by atoms with van der Waals surface area (Å²) in [5.74, 6) is 0.282. The van der Waals surface area contributed by atoms with Crippen molar-refractivity contribution in [2.45, 2.75) is 19.5 Å². The van der Waals surface area contributed by atoms with Crippen LogP contribution < -0.4 is 5.32 Å². The van der Waals surface area contributed by atoms with Crippen molar-refractivity contribution >= 4 is 11.3 Å². The number of phenols is 1. The van der Waals surface area contributed by atoms with Gasteiger partial charge in [-0.2, -0.15) is 5.26 Å². The van der Waals surface area contributed by atoms with Crippen LogP contribution in [0.1, 0.15) is 29.0 Å². The average Bonchev–Trinajstić information content (AvgIpc) is 2.84. The zero-order chi connectivity index (χ0) is 13.0. The number of phenolic OH excluding ortho intramolecular Hbond substituents is 1. The molecule has 0 aliphatic heterocycles. The molecule has 1 atom stereocenters. The van der Waals surface area contributed by atoms with Crippen LogP contribution in [0, 0.1) is 11.3 Å². The van der Waals surface area contributed by atoms with E-state index in [9.17, 15) is 5.11 Å². The van der Waals surface area contributed by atoms with Crippen LogP contribution in [0.5, 0.6) is 5.75 Å². The second-order valence-electron chi connectivity index (χ2n) is 4.11. The van der Waals surface area contributed by atoms with E-state index in [1.165, 1.54) is 0 Å². The van der Waals surface area contributed by atoms with Gasteiger partial charge in [0.1, 0.15) is 11.8 Å². The van der Waals surface area contributed by atoms with Gasteiger partial charge < -0.3 is 10.4 Å². The molecule has 1 aromatic carbocycles. The fourth-order valence-corrected chi connectivity index (χ4v) is 2.46. The van der Waals surface area contributed by atoms with Crippen molar-refractivity contribution in [2.75, 3.05) is 0 Å². The molecule has 0 aliphatic carbocycles. The van der Waals surface area contributed by atoms with E-state index in [1.54, 1.807) is 23.5 Å². The van der Waals surface area contributed by atoms with Crippen molar-refractivity contribution in [1.82, 2.24) is 5.32 Å². The van der Waals surface area contributed by atoms with Crippen molar-refractivity contribution in [3.05, 3.63) is 51.7 Å². The molecule has 0 spiro atoms. The summed E-state index contributed by atoms with van der Waals surface area (Å²) >= 11 is 1.58. The van der Waals surface area contributed by atoms with Crippen LogP contribution in [-0.4, -0.2) is 5.11 Å². The van der Waals surface area contributed by atoms with Crippen molar-refractivity contribution in [2.24, 2.45) is 0 Å². The lowest BCUT2D eigenvalue weighted by atomic mass is 10.1. The van der Waals surface area contributed by atoms with E-state index in [-0.39, 0.29) is 11.8 Å². The number of nitriles is 1. The Bertz CT molecular complexity index is 571. The van der Waals surface area contributed by atoms with Crippen molar-refractivity contribution in [3.63, 3.8) is 0 Å². The molecule has 18 heavy (non-hydrogen) atoms. The smallest absolute Gasteiger partial charge is 0.115 e. The van der Waals surface area contributed by atoms with E-state index in [2.05, 4.69) is 11.4 Å². The molecule has 0 fully saturated rings. The van der Waals surface area contributed by atoms with E-state index in [0.717, 1.165) is 17.0 Å². The highest BCUT2D eigenvalue weighted by Crippen LogP contribution is 2.19. The fraction of sp³-hybridized carbons (Fsp3) is 0.214. The van der Waals surface area contributed by atoms with Gasteiger partial charge in [0, 0.05) is 22.8 Å². The number of aromatic hydroxyl groups is 1. The standard InChI is InChI=1S/C14H14N2OS/c1-10(12-3-2-4-13(17)6-12)16-8-14-5-11(7-15)9-18-14/h2-6,9-10,16-17H,8H2,1H3. The molecule has 2 N–H and O–H groups in total. The molecule has 92 valence electrons. The molecule has 1 heterocycles. The summed E-state index contributed by atoms with van der Waals surface area (Å²) in [6.45, 7) is 2.77. The summed E-state index contributed by atoms with van der Waals surface area (Å²) in [6, 6.07) is 11.4. The Morgan fingerprint density at radius 2 is 2.28 bits per heavy atom. The monoisotopic (exact) mass is 258 g/mol. The summed E-state index contributed by atoms with van der Waals surface area (Å²) in [5, 5.41) is 23.4. The van der Waals surface area contributed by atoms with Gasteiger partial charge in [-0.3, -0.25) is 0 Å². The minimum Gasteiger partial charge on any atom is -0.508 e. The first-order valence-electron chi connectivity index (χ1n) is 5.69. The number of thiophene rings is 1. The van der Waals surface area contributed by atoms with E-state index >= 15 is 0 Å². The Labute approximate surface area is 110 Å². The Kier molecular flexibility index (Phi) is 3.98. The molecule has 4 heteroatoms. The van der Waals surface area contributed by atoms with E-state index in [1.807, 2.05) is 30.5 Å². The van der Waals surface area contributed by atoms with Crippen molar-refractivity contribution < 1.29 is 5.11 Å². The lowest BCUT2D eigenvalue weighted by molar-refractivity contribution is 0.472. The van der Waals surface area contributed by atoms with Gasteiger partial charge in [-0.1, -0.05) is 12.1 Å².